The predicted octanol–water partition coefficient (Wildman–Crippen LogP) is 3.64. The summed E-state index contributed by atoms with van der Waals surface area (Å²) in [6.07, 6.45) is 1.69. The average molecular weight is 252 g/mol. The van der Waals surface area contributed by atoms with Crippen LogP contribution in [0.1, 0.15) is 45.7 Å². The summed E-state index contributed by atoms with van der Waals surface area (Å²) in [7, 11) is 0. The van der Waals surface area contributed by atoms with Crippen molar-refractivity contribution in [3.63, 3.8) is 0 Å². The molecule has 0 aliphatic heterocycles. The topological polar surface area (TPSA) is 34.1 Å². The van der Waals surface area contributed by atoms with E-state index in [1.807, 2.05) is 48.5 Å². The van der Waals surface area contributed by atoms with Crippen molar-refractivity contribution >= 4 is 12.6 Å². The van der Waals surface area contributed by atoms with Crippen molar-refractivity contribution in [1.82, 2.24) is 0 Å². The highest BCUT2D eigenvalue weighted by Gasteiger charge is 2.22. The Balaban J connectivity index is 2.38. The van der Waals surface area contributed by atoms with Crippen LogP contribution < -0.4 is 0 Å². The smallest absolute Gasteiger partial charge is 0.150 e. The average Bonchev–Trinajstić information content (AvgIpc) is 2.47. The Morgan fingerprint density at radius 3 is 1.26 bits per heavy atom. The van der Waals surface area contributed by atoms with E-state index in [1.54, 1.807) is 0 Å². The molecule has 96 valence electrons. The van der Waals surface area contributed by atoms with Crippen molar-refractivity contribution in [1.29, 1.82) is 0 Å². The fraction of sp³-hybridized carbons (Fsp3) is 0.176. The van der Waals surface area contributed by atoms with Crippen LogP contribution in [-0.4, -0.2) is 12.6 Å². The Hall–Kier alpha value is -2.22. The Bertz CT molecular complexity index is 524. The van der Waals surface area contributed by atoms with Gasteiger partial charge in [-0.05, 0) is 11.1 Å². The van der Waals surface area contributed by atoms with Crippen molar-refractivity contribution < 1.29 is 9.59 Å². The van der Waals surface area contributed by atoms with Crippen LogP contribution in [0.15, 0.2) is 48.5 Å². The van der Waals surface area contributed by atoms with Crippen molar-refractivity contribution in [3.05, 3.63) is 70.8 Å². The van der Waals surface area contributed by atoms with Gasteiger partial charge >= 0.3 is 0 Å². The number of carbonyl (C=O) groups is 2. The predicted molar refractivity (Wildman–Crippen MR) is 75.8 cm³/mol. The molecule has 0 bridgehead atoms. The number of rotatable bonds is 4. The van der Waals surface area contributed by atoms with Crippen LogP contribution in [0, 0.1) is 0 Å². The molecule has 0 unspecified atom stereocenters. The molecule has 19 heavy (non-hydrogen) atoms. The molecule has 0 amide bonds. The van der Waals surface area contributed by atoms with Gasteiger partial charge in [-0.25, -0.2) is 0 Å². The first-order chi connectivity index (χ1) is 9.07. The van der Waals surface area contributed by atoms with Crippen molar-refractivity contribution in [2.24, 2.45) is 0 Å². The van der Waals surface area contributed by atoms with Gasteiger partial charge in [0.1, 0.15) is 12.6 Å². The SMILES string of the molecule is CC(C)(c1ccc(C=O)cc1)c1ccc(C=O)cc1. The van der Waals surface area contributed by atoms with E-state index in [9.17, 15) is 9.59 Å². The minimum absolute atomic E-state index is 0.164. The van der Waals surface area contributed by atoms with E-state index < -0.39 is 0 Å². The molecule has 0 aliphatic rings. The van der Waals surface area contributed by atoms with Crippen LogP contribution in [0.3, 0.4) is 0 Å². The van der Waals surface area contributed by atoms with Crippen molar-refractivity contribution in [2.45, 2.75) is 19.3 Å². The summed E-state index contributed by atoms with van der Waals surface area (Å²) < 4.78 is 0. The molecule has 2 nitrogen and oxygen atoms in total. The Kier molecular flexibility index (Phi) is 3.61. The van der Waals surface area contributed by atoms with Gasteiger partial charge in [0.2, 0.25) is 0 Å². The van der Waals surface area contributed by atoms with E-state index in [0.717, 1.165) is 23.7 Å². The zero-order valence-electron chi connectivity index (χ0n) is 11.1. The molecule has 0 fully saturated rings. The molecule has 0 radical (unpaired) electrons. The van der Waals surface area contributed by atoms with E-state index in [-0.39, 0.29) is 5.41 Å². The van der Waals surface area contributed by atoms with E-state index in [2.05, 4.69) is 13.8 Å². The molecule has 2 rings (SSSR count). The highest BCUT2D eigenvalue weighted by atomic mass is 16.1. The lowest BCUT2D eigenvalue weighted by Gasteiger charge is -2.26. The number of benzene rings is 2. The number of carbonyl (C=O) groups excluding carboxylic acids is 2. The third-order valence-electron chi connectivity index (χ3n) is 3.54. The molecule has 2 aromatic carbocycles. The summed E-state index contributed by atoms with van der Waals surface area (Å²) in [5, 5.41) is 0. The van der Waals surface area contributed by atoms with Crippen molar-refractivity contribution in [2.75, 3.05) is 0 Å². The van der Waals surface area contributed by atoms with E-state index >= 15 is 0 Å². The van der Waals surface area contributed by atoms with Crippen LogP contribution in [0.25, 0.3) is 0 Å². The first kappa shape index (κ1) is 13.2. The van der Waals surface area contributed by atoms with Gasteiger partial charge in [-0.2, -0.15) is 0 Å². The van der Waals surface area contributed by atoms with Gasteiger partial charge in [-0.3, -0.25) is 9.59 Å². The van der Waals surface area contributed by atoms with Gasteiger partial charge in [-0.1, -0.05) is 62.4 Å². The fourth-order valence-corrected chi connectivity index (χ4v) is 2.12. The highest BCUT2D eigenvalue weighted by Crippen LogP contribution is 2.31. The molecule has 0 atom stereocenters. The molecular formula is C17H16O2. The lowest BCUT2D eigenvalue weighted by Crippen LogP contribution is -2.18. The van der Waals surface area contributed by atoms with Gasteiger partial charge in [0.15, 0.2) is 0 Å². The largest absolute Gasteiger partial charge is 0.298 e. The quantitative estimate of drug-likeness (QED) is 0.778. The number of hydrogen-bond acceptors (Lipinski definition) is 2. The summed E-state index contributed by atoms with van der Waals surface area (Å²) >= 11 is 0. The molecule has 2 aromatic rings. The van der Waals surface area contributed by atoms with Crippen LogP contribution in [0.2, 0.25) is 0 Å². The molecule has 0 N–H and O–H groups in total. The third-order valence-corrected chi connectivity index (χ3v) is 3.54. The van der Waals surface area contributed by atoms with E-state index in [1.165, 1.54) is 0 Å². The molecule has 0 aromatic heterocycles. The van der Waals surface area contributed by atoms with Gasteiger partial charge in [-0.15, -0.1) is 0 Å². The zero-order chi connectivity index (χ0) is 13.9. The van der Waals surface area contributed by atoms with Crippen LogP contribution in [0.4, 0.5) is 0 Å². The first-order valence-electron chi connectivity index (χ1n) is 6.19. The lowest BCUT2D eigenvalue weighted by molar-refractivity contribution is 0.111. The van der Waals surface area contributed by atoms with Crippen LogP contribution in [-0.2, 0) is 5.41 Å². The Morgan fingerprint density at radius 1 is 0.684 bits per heavy atom. The maximum atomic E-state index is 10.7. The molecule has 0 aliphatic carbocycles. The van der Waals surface area contributed by atoms with Gasteiger partial charge < -0.3 is 0 Å². The fourth-order valence-electron chi connectivity index (χ4n) is 2.12. The molecule has 0 heterocycles. The third kappa shape index (κ3) is 2.63. The van der Waals surface area contributed by atoms with E-state index in [0.29, 0.717) is 11.1 Å². The second kappa shape index (κ2) is 5.19. The monoisotopic (exact) mass is 252 g/mol. The van der Waals surface area contributed by atoms with Gasteiger partial charge in [0.25, 0.3) is 0 Å². The normalized spacial score (nSPS) is 11.1. The van der Waals surface area contributed by atoms with Crippen LogP contribution in [0.5, 0.6) is 0 Å². The van der Waals surface area contributed by atoms with Crippen LogP contribution >= 0.6 is 0 Å². The Labute approximate surface area is 113 Å². The molecular weight excluding hydrogens is 236 g/mol. The molecule has 0 saturated carbocycles. The maximum absolute atomic E-state index is 10.7. The van der Waals surface area contributed by atoms with Gasteiger partial charge in [0, 0.05) is 16.5 Å². The lowest BCUT2D eigenvalue weighted by atomic mass is 9.78. The minimum atomic E-state index is -0.164. The zero-order valence-corrected chi connectivity index (χ0v) is 11.1. The standard InChI is InChI=1S/C17H16O2/c1-17(2,15-7-3-13(11-18)4-8-15)16-9-5-14(12-19)6-10-16/h3-12H,1-2H3. The number of hydrogen-bond donors (Lipinski definition) is 0. The summed E-state index contributed by atoms with van der Waals surface area (Å²) in [6.45, 7) is 4.25. The second-order valence-electron chi connectivity index (χ2n) is 5.10. The summed E-state index contributed by atoms with van der Waals surface area (Å²) in [6, 6.07) is 15.2. The highest BCUT2D eigenvalue weighted by molar-refractivity contribution is 5.75. The number of aldehydes is 2. The maximum Gasteiger partial charge on any atom is 0.150 e. The summed E-state index contributed by atoms with van der Waals surface area (Å²) in [4.78, 5) is 21.3. The summed E-state index contributed by atoms with van der Waals surface area (Å²) in [5.74, 6) is 0. The summed E-state index contributed by atoms with van der Waals surface area (Å²) in [5.41, 5.74) is 3.46. The van der Waals surface area contributed by atoms with E-state index in [4.69, 9.17) is 0 Å². The molecule has 2 heteroatoms. The minimum Gasteiger partial charge on any atom is -0.298 e. The Morgan fingerprint density at radius 2 is 1.00 bits per heavy atom. The van der Waals surface area contributed by atoms with Gasteiger partial charge in [0.05, 0.1) is 0 Å². The second-order valence-corrected chi connectivity index (χ2v) is 5.10. The van der Waals surface area contributed by atoms with Crippen molar-refractivity contribution in [3.8, 4) is 0 Å². The molecule has 0 saturated heterocycles. The first-order valence-corrected chi connectivity index (χ1v) is 6.19. The molecule has 0 spiro atoms.